The maximum Gasteiger partial charge on any atom is 0.0842 e. The van der Waals surface area contributed by atoms with Crippen LogP contribution < -0.4 is 5.32 Å². The minimum absolute atomic E-state index is 0.166. The second-order valence-corrected chi connectivity index (χ2v) is 3.26. The molecule has 0 aromatic heterocycles. The van der Waals surface area contributed by atoms with E-state index in [0.717, 1.165) is 5.69 Å². The highest BCUT2D eigenvalue weighted by atomic mass is 16.3. The van der Waals surface area contributed by atoms with Crippen LogP contribution in [-0.2, 0) is 0 Å². The molecule has 1 rings (SSSR count). The average molecular weight is 190 g/mol. The molecule has 0 fully saturated rings. The first-order valence-electron chi connectivity index (χ1n) is 4.58. The van der Waals surface area contributed by atoms with Gasteiger partial charge in [0.25, 0.3) is 0 Å². The van der Waals surface area contributed by atoms with E-state index in [-0.39, 0.29) is 6.42 Å². The van der Waals surface area contributed by atoms with Crippen LogP contribution in [-0.4, -0.2) is 17.8 Å². The van der Waals surface area contributed by atoms with Crippen molar-refractivity contribution in [1.82, 2.24) is 0 Å². The molecule has 0 bridgehead atoms. The van der Waals surface area contributed by atoms with E-state index in [4.69, 9.17) is 5.26 Å². The van der Waals surface area contributed by atoms with E-state index >= 15 is 0 Å². The monoisotopic (exact) mass is 190 g/mol. The van der Waals surface area contributed by atoms with Gasteiger partial charge in [0.05, 0.1) is 18.6 Å². The van der Waals surface area contributed by atoms with Gasteiger partial charge in [-0.15, -0.1) is 0 Å². The predicted octanol–water partition coefficient (Wildman–Crippen LogP) is 1.68. The number of nitrogens with one attached hydrogen (secondary N) is 1. The summed E-state index contributed by atoms with van der Waals surface area (Å²) >= 11 is 0. The minimum atomic E-state index is -0.596. The number of benzene rings is 1. The standard InChI is InChI=1S/C11H14N2O/c1-9-2-4-10(5-3-9)13-8-11(14)6-7-12/h2-5,11,13-14H,6,8H2,1H3. The number of aliphatic hydroxyl groups excluding tert-OH is 1. The van der Waals surface area contributed by atoms with Crippen LogP contribution in [0.25, 0.3) is 0 Å². The molecule has 1 aromatic carbocycles. The Hall–Kier alpha value is -1.53. The molecule has 0 radical (unpaired) electrons. The third-order valence-corrected chi connectivity index (χ3v) is 1.92. The topological polar surface area (TPSA) is 56.0 Å². The van der Waals surface area contributed by atoms with E-state index in [1.54, 1.807) is 0 Å². The fourth-order valence-corrected chi connectivity index (χ4v) is 1.08. The molecule has 0 aliphatic rings. The van der Waals surface area contributed by atoms with Gasteiger partial charge in [-0.25, -0.2) is 0 Å². The Kier molecular flexibility index (Phi) is 3.96. The van der Waals surface area contributed by atoms with Crippen LogP contribution in [0, 0.1) is 18.3 Å². The first-order chi connectivity index (χ1) is 6.72. The van der Waals surface area contributed by atoms with Crippen LogP contribution in [0.3, 0.4) is 0 Å². The van der Waals surface area contributed by atoms with Crippen molar-refractivity contribution in [3.8, 4) is 6.07 Å². The maximum atomic E-state index is 9.28. The van der Waals surface area contributed by atoms with Crippen LogP contribution in [0.2, 0.25) is 0 Å². The summed E-state index contributed by atoms with van der Waals surface area (Å²) in [5, 5.41) is 20.7. The Bertz CT molecular complexity index is 313. The van der Waals surface area contributed by atoms with Crippen molar-refractivity contribution in [1.29, 1.82) is 5.26 Å². The van der Waals surface area contributed by atoms with Gasteiger partial charge in [-0.05, 0) is 19.1 Å². The number of nitrogens with zero attached hydrogens (tertiary/aromatic N) is 1. The van der Waals surface area contributed by atoms with Gasteiger partial charge in [0.1, 0.15) is 0 Å². The maximum absolute atomic E-state index is 9.28. The van der Waals surface area contributed by atoms with Crippen LogP contribution in [0.5, 0.6) is 0 Å². The Balaban J connectivity index is 2.39. The molecule has 2 N–H and O–H groups in total. The lowest BCUT2D eigenvalue weighted by Gasteiger charge is -2.09. The van der Waals surface area contributed by atoms with E-state index < -0.39 is 6.10 Å². The zero-order chi connectivity index (χ0) is 10.4. The van der Waals surface area contributed by atoms with Gasteiger partial charge < -0.3 is 10.4 Å². The Morgan fingerprint density at radius 2 is 2.07 bits per heavy atom. The van der Waals surface area contributed by atoms with E-state index in [1.807, 2.05) is 37.3 Å². The molecular weight excluding hydrogens is 176 g/mol. The second kappa shape index (κ2) is 5.25. The Labute approximate surface area is 84.0 Å². The number of aryl methyl sites for hydroxylation is 1. The summed E-state index contributed by atoms with van der Waals surface area (Å²) in [6.45, 7) is 2.44. The van der Waals surface area contributed by atoms with Gasteiger partial charge >= 0.3 is 0 Å². The highest BCUT2D eigenvalue weighted by Crippen LogP contribution is 2.08. The van der Waals surface area contributed by atoms with E-state index in [9.17, 15) is 5.11 Å². The Morgan fingerprint density at radius 3 is 2.64 bits per heavy atom. The highest BCUT2D eigenvalue weighted by molar-refractivity contribution is 5.44. The summed E-state index contributed by atoms with van der Waals surface area (Å²) in [5.41, 5.74) is 2.17. The largest absolute Gasteiger partial charge is 0.390 e. The lowest BCUT2D eigenvalue weighted by molar-refractivity contribution is 0.193. The first-order valence-corrected chi connectivity index (χ1v) is 4.58. The van der Waals surface area contributed by atoms with Crippen molar-refractivity contribution in [2.75, 3.05) is 11.9 Å². The number of rotatable bonds is 4. The second-order valence-electron chi connectivity index (χ2n) is 3.26. The smallest absolute Gasteiger partial charge is 0.0842 e. The normalized spacial score (nSPS) is 11.8. The molecule has 14 heavy (non-hydrogen) atoms. The number of hydrogen-bond acceptors (Lipinski definition) is 3. The fourth-order valence-electron chi connectivity index (χ4n) is 1.08. The number of hydrogen-bond donors (Lipinski definition) is 2. The van der Waals surface area contributed by atoms with Gasteiger partial charge in [0.2, 0.25) is 0 Å². The third kappa shape index (κ3) is 3.46. The van der Waals surface area contributed by atoms with Gasteiger partial charge in [-0.2, -0.15) is 5.26 Å². The first kappa shape index (κ1) is 10.6. The van der Waals surface area contributed by atoms with E-state index in [0.29, 0.717) is 6.54 Å². The molecule has 0 aliphatic heterocycles. The lowest BCUT2D eigenvalue weighted by atomic mass is 10.2. The molecule has 74 valence electrons. The fraction of sp³-hybridized carbons (Fsp3) is 0.364. The van der Waals surface area contributed by atoms with Crippen molar-refractivity contribution in [3.63, 3.8) is 0 Å². The van der Waals surface area contributed by atoms with Crippen molar-refractivity contribution in [2.45, 2.75) is 19.4 Å². The van der Waals surface area contributed by atoms with Crippen molar-refractivity contribution in [2.24, 2.45) is 0 Å². The molecule has 3 nitrogen and oxygen atoms in total. The molecule has 1 aromatic rings. The molecule has 1 atom stereocenters. The summed E-state index contributed by atoms with van der Waals surface area (Å²) in [5.74, 6) is 0. The SMILES string of the molecule is Cc1ccc(NCC(O)CC#N)cc1. The quantitative estimate of drug-likeness (QED) is 0.759. The van der Waals surface area contributed by atoms with Crippen LogP contribution in [0.1, 0.15) is 12.0 Å². The molecule has 0 heterocycles. The number of nitriles is 1. The Morgan fingerprint density at radius 1 is 1.43 bits per heavy atom. The predicted molar refractivity (Wildman–Crippen MR) is 55.9 cm³/mol. The van der Waals surface area contributed by atoms with Crippen LogP contribution in [0.15, 0.2) is 24.3 Å². The summed E-state index contributed by atoms with van der Waals surface area (Å²) in [6, 6.07) is 9.83. The van der Waals surface area contributed by atoms with E-state index in [2.05, 4.69) is 5.32 Å². The zero-order valence-corrected chi connectivity index (χ0v) is 8.20. The third-order valence-electron chi connectivity index (χ3n) is 1.92. The van der Waals surface area contributed by atoms with Crippen molar-refractivity contribution < 1.29 is 5.11 Å². The molecule has 0 aliphatic carbocycles. The summed E-state index contributed by atoms with van der Waals surface area (Å²) in [7, 11) is 0. The van der Waals surface area contributed by atoms with Gasteiger partial charge in [-0.1, -0.05) is 17.7 Å². The number of aliphatic hydroxyl groups is 1. The van der Waals surface area contributed by atoms with Gasteiger partial charge in [0, 0.05) is 12.2 Å². The van der Waals surface area contributed by atoms with Crippen LogP contribution >= 0.6 is 0 Å². The summed E-state index contributed by atoms with van der Waals surface area (Å²) in [6.07, 6.45) is -0.430. The van der Waals surface area contributed by atoms with Crippen LogP contribution in [0.4, 0.5) is 5.69 Å². The molecule has 1 unspecified atom stereocenters. The summed E-state index contributed by atoms with van der Waals surface area (Å²) in [4.78, 5) is 0. The summed E-state index contributed by atoms with van der Waals surface area (Å²) < 4.78 is 0. The van der Waals surface area contributed by atoms with Crippen molar-refractivity contribution in [3.05, 3.63) is 29.8 Å². The highest BCUT2D eigenvalue weighted by Gasteiger charge is 2.01. The molecular formula is C11H14N2O. The van der Waals surface area contributed by atoms with E-state index in [1.165, 1.54) is 5.56 Å². The molecule has 0 saturated carbocycles. The molecule has 0 saturated heterocycles. The number of anilines is 1. The molecule has 0 spiro atoms. The van der Waals surface area contributed by atoms with Crippen molar-refractivity contribution >= 4 is 5.69 Å². The molecule has 3 heteroatoms. The molecule has 0 amide bonds. The minimum Gasteiger partial charge on any atom is -0.390 e. The lowest BCUT2D eigenvalue weighted by Crippen LogP contribution is -2.18. The van der Waals surface area contributed by atoms with Gasteiger partial charge in [0.15, 0.2) is 0 Å². The zero-order valence-electron chi connectivity index (χ0n) is 8.20. The van der Waals surface area contributed by atoms with Gasteiger partial charge in [-0.3, -0.25) is 0 Å². The average Bonchev–Trinajstić information content (AvgIpc) is 2.17.